The number of carbonyl (C=O) groups is 2. The number of aryl methyl sites for hydroxylation is 2. The van der Waals surface area contributed by atoms with Gasteiger partial charge in [0.1, 0.15) is 12.6 Å². The van der Waals surface area contributed by atoms with Crippen molar-refractivity contribution in [2.45, 2.75) is 77.9 Å². The van der Waals surface area contributed by atoms with Crippen LogP contribution in [0.1, 0.15) is 62.1 Å². The molecule has 0 aliphatic heterocycles. The van der Waals surface area contributed by atoms with Crippen LogP contribution in [0, 0.1) is 13.8 Å². The number of nitrogens with zero attached hydrogens (tertiary/aromatic N) is 2. The molecule has 202 valence electrons. The van der Waals surface area contributed by atoms with E-state index < -0.39 is 28.5 Å². The van der Waals surface area contributed by atoms with E-state index in [0.717, 1.165) is 52.9 Å². The van der Waals surface area contributed by atoms with Gasteiger partial charge < -0.3 is 10.2 Å². The first kappa shape index (κ1) is 29.0. The molecule has 0 unspecified atom stereocenters. The second-order valence-corrected chi connectivity index (χ2v) is 12.3. The molecule has 7 nitrogen and oxygen atoms in total. The first-order valence-electron chi connectivity index (χ1n) is 12.9. The number of hydrogen-bond donors (Lipinski definition) is 1. The average molecular weight is 548 g/mol. The van der Waals surface area contributed by atoms with E-state index in [-0.39, 0.29) is 18.5 Å². The van der Waals surface area contributed by atoms with Crippen molar-refractivity contribution in [2.75, 3.05) is 17.1 Å². The summed E-state index contributed by atoms with van der Waals surface area (Å²) in [5.41, 5.74) is 3.18. The topological polar surface area (TPSA) is 86.8 Å². The molecule has 1 N–H and O–H groups in total. The van der Waals surface area contributed by atoms with E-state index in [1.54, 1.807) is 24.3 Å². The van der Waals surface area contributed by atoms with Crippen LogP contribution in [0.5, 0.6) is 0 Å². The molecule has 2 aromatic carbocycles. The summed E-state index contributed by atoms with van der Waals surface area (Å²) in [6.07, 6.45) is 6.68. The number of benzene rings is 2. The molecule has 1 fully saturated rings. The lowest BCUT2D eigenvalue weighted by molar-refractivity contribution is -0.140. The summed E-state index contributed by atoms with van der Waals surface area (Å²) in [5, 5.41) is 3.71. The van der Waals surface area contributed by atoms with E-state index in [1.165, 1.54) is 11.3 Å². The minimum atomic E-state index is -3.76. The number of rotatable bonds is 10. The molecule has 1 aliphatic rings. The molecule has 0 saturated heterocycles. The summed E-state index contributed by atoms with van der Waals surface area (Å²) in [6.45, 7) is 5.47. The maximum Gasteiger partial charge on any atom is 0.244 e. The highest BCUT2D eigenvalue weighted by Crippen LogP contribution is 2.23. The summed E-state index contributed by atoms with van der Waals surface area (Å²) in [7, 11) is -3.76. The molecule has 2 aromatic rings. The van der Waals surface area contributed by atoms with Gasteiger partial charge in [0.15, 0.2) is 0 Å². The molecule has 0 spiro atoms. The van der Waals surface area contributed by atoms with Gasteiger partial charge in [-0.25, -0.2) is 8.42 Å². The van der Waals surface area contributed by atoms with Crippen molar-refractivity contribution in [2.24, 2.45) is 0 Å². The number of hydrogen-bond acceptors (Lipinski definition) is 4. The van der Waals surface area contributed by atoms with Crippen LogP contribution < -0.4 is 9.62 Å². The van der Waals surface area contributed by atoms with Crippen molar-refractivity contribution < 1.29 is 18.0 Å². The highest BCUT2D eigenvalue weighted by molar-refractivity contribution is 7.92. The predicted octanol–water partition coefficient (Wildman–Crippen LogP) is 4.98. The maximum atomic E-state index is 13.8. The van der Waals surface area contributed by atoms with Gasteiger partial charge in [0.25, 0.3) is 0 Å². The fourth-order valence-electron chi connectivity index (χ4n) is 4.74. The van der Waals surface area contributed by atoms with Gasteiger partial charge in [0, 0.05) is 17.6 Å². The fraction of sp³-hybridized carbons (Fsp3) is 0.500. The standard InChI is InChI=1S/C28H38ClN3O4S/c1-5-26(28(34)30-24-9-7-6-8-10-24)31(18-22-12-14-23(29)15-13-22)27(33)19-32(37(4,35)36)25-16-11-20(2)21(3)17-25/h11-17,24,26H,5-10,18-19H2,1-4H3,(H,30,34)/t26-/m0/s1. The van der Waals surface area contributed by atoms with Gasteiger partial charge >= 0.3 is 0 Å². The predicted molar refractivity (Wildman–Crippen MR) is 149 cm³/mol. The van der Waals surface area contributed by atoms with Gasteiger partial charge in [0.2, 0.25) is 21.8 Å². The van der Waals surface area contributed by atoms with E-state index in [1.807, 2.05) is 39.0 Å². The Labute approximate surface area is 226 Å². The molecule has 0 aromatic heterocycles. The van der Waals surface area contributed by atoms with Crippen molar-refractivity contribution in [1.82, 2.24) is 10.2 Å². The Bertz CT molecular complexity index is 1190. The Hall–Kier alpha value is -2.58. The quantitative estimate of drug-likeness (QED) is 0.454. The molecule has 1 aliphatic carbocycles. The van der Waals surface area contributed by atoms with Gasteiger partial charge in [-0.15, -0.1) is 0 Å². The van der Waals surface area contributed by atoms with Crippen molar-refractivity contribution in [3.8, 4) is 0 Å². The Kier molecular flexibility index (Phi) is 10.0. The number of halogens is 1. The number of anilines is 1. The molecule has 3 rings (SSSR count). The number of sulfonamides is 1. The van der Waals surface area contributed by atoms with Gasteiger partial charge in [-0.2, -0.15) is 0 Å². The highest BCUT2D eigenvalue weighted by Gasteiger charge is 2.32. The summed E-state index contributed by atoms with van der Waals surface area (Å²) in [4.78, 5) is 28.7. The Balaban J connectivity index is 1.92. The second kappa shape index (κ2) is 12.8. The van der Waals surface area contributed by atoms with E-state index in [4.69, 9.17) is 11.6 Å². The SMILES string of the molecule is CC[C@@H](C(=O)NC1CCCCC1)N(Cc1ccc(Cl)cc1)C(=O)CN(c1ccc(C)c(C)c1)S(C)(=O)=O. The van der Waals surface area contributed by atoms with Crippen LogP contribution >= 0.6 is 11.6 Å². The average Bonchev–Trinajstić information content (AvgIpc) is 2.85. The highest BCUT2D eigenvalue weighted by atomic mass is 35.5. The van der Waals surface area contributed by atoms with E-state index in [9.17, 15) is 18.0 Å². The summed E-state index contributed by atoms with van der Waals surface area (Å²) in [6, 6.07) is 11.8. The normalized spacial score (nSPS) is 15.2. The van der Waals surface area contributed by atoms with Gasteiger partial charge in [0.05, 0.1) is 11.9 Å². The van der Waals surface area contributed by atoms with Crippen molar-refractivity contribution in [3.05, 3.63) is 64.2 Å². The van der Waals surface area contributed by atoms with Gasteiger partial charge in [-0.1, -0.05) is 56.0 Å². The molecule has 0 heterocycles. The van der Waals surface area contributed by atoms with Crippen LogP contribution in [0.3, 0.4) is 0 Å². The zero-order valence-electron chi connectivity index (χ0n) is 22.2. The lowest BCUT2D eigenvalue weighted by atomic mass is 9.95. The van der Waals surface area contributed by atoms with Crippen LogP contribution in [0.25, 0.3) is 0 Å². The van der Waals surface area contributed by atoms with E-state index in [2.05, 4.69) is 5.32 Å². The van der Waals surface area contributed by atoms with Crippen LogP contribution in [0.15, 0.2) is 42.5 Å². The lowest BCUT2D eigenvalue weighted by Gasteiger charge is -2.34. The third kappa shape index (κ3) is 7.95. The van der Waals surface area contributed by atoms with Crippen molar-refractivity contribution in [1.29, 1.82) is 0 Å². The van der Waals surface area contributed by atoms with Crippen LogP contribution in [-0.2, 0) is 26.2 Å². The third-order valence-corrected chi connectivity index (χ3v) is 8.45. The number of nitrogens with one attached hydrogen (secondary N) is 1. The molecular formula is C28H38ClN3O4S. The monoisotopic (exact) mass is 547 g/mol. The molecule has 37 heavy (non-hydrogen) atoms. The zero-order chi connectivity index (χ0) is 27.2. The third-order valence-electron chi connectivity index (χ3n) is 7.06. The Morgan fingerprint density at radius 1 is 1.03 bits per heavy atom. The second-order valence-electron chi connectivity index (χ2n) is 9.95. The van der Waals surface area contributed by atoms with E-state index >= 15 is 0 Å². The minimum absolute atomic E-state index is 0.103. The van der Waals surface area contributed by atoms with Crippen LogP contribution in [0.2, 0.25) is 5.02 Å². The largest absolute Gasteiger partial charge is 0.352 e. The van der Waals surface area contributed by atoms with Gasteiger partial charge in [-0.3, -0.25) is 13.9 Å². The molecule has 1 saturated carbocycles. The molecule has 9 heteroatoms. The first-order chi connectivity index (χ1) is 17.5. The summed E-state index contributed by atoms with van der Waals surface area (Å²) < 4.78 is 26.7. The maximum absolute atomic E-state index is 13.8. The van der Waals surface area contributed by atoms with Crippen LogP contribution in [-0.4, -0.2) is 50.0 Å². The fourth-order valence-corrected chi connectivity index (χ4v) is 5.71. The molecule has 0 bridgehead atoms. The molecule has 1 atom stereocenters. The summed E-state index contributed by atoms with van der Waals surface area (Å²) in [5.74, 6) is -0.641. The summed E-state index contributed by atoms with van der Waals surface area (Å²) >= 11 is 6.05. The van der Waals surface area contributed by atoms with Gasteiger partial charge in [-0.05, 0) is 74.1 Å². The van der Waals surface area contributed by atoms with E-state index in [0.29, 0.717) is 17.1 Å². The number of amides is 2. The number of carbonyl (C=O) groups excluding carboxylic acids is 2. The molecule has 2 amide bonds. The Morgan fingerprint density at radius 3 is 2.24 bits per heavy atom. The first-order valence-corrected chi connectivity index (χ1v) is 15.1. The zero-order valence-corrected chi connectivity index (χ0v) is 23.7. The lowest BCUT2D eigenvalue weighted by Crippen LogP contribution is -2.53. The van der Waals surface area contributed by atoms with Crippen LogP contribution in [0.4, 0.5) is 5.69 Å². The Morgan fingerprint density at radius 2 is 1.68 bits per heavy atom. The van der Waals surface area contributed by atoms with Crippen molar-refractivity contribution in [3.63, 3.8) is 0 Å². The minimum Gasteiger partial charge on any atom is -0.352 e. The molecular weight excluding hydrogens is 510 g/mol. The smallest absolute Gasteiger partial charge is 0.244 e. The van der Waals surface area contributed by atoms with Crippen molar-refractivity contribution >= 4 is 39.1 Å². The molecule has 0 radical (unpaired) electrons.